The number of hydrogen-bond donors (Lipinski definition) is 3. The average Bonchev–Trinajstić information content (AvgIpc) is 2.93. The highest BCUT2D eigenvalue weighted by atomic mass is 79.9. The van der Waals surface area contributed by atoms with Crippen molar-refractivity contribution in [3.8, 4) is 5.75 Å². The van der Waals surface area contributed by atoms with Crippen LogP contribution in [0.15, 0.2) is 18.3 Å². The quantitative estimate of drug-likeness (QED) is 0.443. The number of Topliss-reactive ketones (excluding diaryl/α,β-unsaturated/α-hetero) is 1. The van der Waals surface area contributed by atoms with Gasteiger partial charge in [0.1, 0.15) is 5.75 Å². The van der Waals surface area contributed by atoms with Gasteiger partial charge in [-0.3, -0.25) is 10.2 Å². The molecule has 0 amide bonds. The number of carbonyl (C=O) groups is 1. The molecule has 0 aliphatic carbocycles. The van der Waals surface area contributed by atoms with E-state index in [-0.39, 0.29) is 58.1 Å². The molecule has 0 fully saturated rings. The molecule has 2 aromatic rings. The summed E-state index contributed by atoms with van der Waals surface area (Å²) in [6.07, 6.45) is 4.22. The van der Waals surface area contributed by atoms with E-state index >= 15 is 0 Å². The molecule has 7 heteroatoms. The number of hydrogen-bond acceptors (Lipinski definition) is 4. The molecule has 1 aromatic heterocycles. The van der Waals surface area contributed by atoms with Gasteiger partial charge in [0.2, 0.25) is 5.62 Å². The number of carbonyl (C=O) groups excluding carboxylic acids is 1. The van der Waals surface area contributed by atoms with Gasteiger partial charge in [0.15, 0.2) is 5.78 Å². The van der Waals surface area contributed by atoms with Crippen LogP contribution in [0.1, 0.15) is 88.5 Å². The summed E-state index contributed by atoms with van der Waals surface area (Å²) < 4.78 is 3.57. The fourth-order valence-corrected chi connectivity index (χ4v) is 3.84. The zero-order valence-electron chi connectivity index (χ0n) is 20.6. The standard InChI is InChI=1S/C25H39N3O3.BrH/c1-8-10-18-15-27(23(26)28(18)11-9-12-29)16-21(30)17-13-19(24(2,3)4)22(31)20(14-17)25(5,6)7;/h13-15,26,29,31H,8-12,16H2,1-7H3;1H. The number of ketones is 1. The molecule has 0 bridgehead atoms. The summed E-state index contributed by atoms with van der Waals surface area (Å²) in [5.74, 6) is 0.169. The number of aliphatic hydroxyl groups is 1. The van der Waals surface area contributed by atoms with Crippen LogP contribution in [0.25, 0.3) is 0 Å². The van der Waals surface area contributed by atoms with Crippen molar-refractivity contribution >= 4 is 22.8 Å². The summed E-state index contributed by atoms with van der Waals surface area (Å²) in [6.45, 7) is 14.9. The number of phenols is 1. The number of halogens is 1. The normalized spacial score (nSPS) is 12.0. The van der Waals surface area contributed by atoms with Gasteiger partial charge in [-0.25, -0.2) is 0 Å². The van der Waals surface area contributed by atoms with Gasteiger partial charge in [-0.15, -0.1) is 17.0 Å². The lowest BCUT2D eigenvalue weighted by molar-refractivity contribution is 0.0969. The number of benzene rings is 1. The minimum atomic E-state index is -0.310. The van der Waals surface area contributed by atoms with E-state index in [9.17, 15) is 15.0 Å². The molecule has 0 aliphatic heterocycles. The molecule has 0 spiro atoms. The number of nitrogens with one attached hydrogen (secondary N) is 1. The Morgan fingerprint density at radius 2 is 1.59 bits per heavy atom. The highest BCUT2D eigenvalue weighted by molar-refractivity contribution is 8.93. The highest BCUT2D eigenvalue weighted by Gasteiger charge is 2.28. The number of phenolic OH excluding ortho intramolecular Hbond substituents is 1. The Kier molecular flexibility index (Phi) is 9.54. The van der Waals surface area contributed by atoms with E-state index in [1.165, 1.54) is 0 Å². The largest absolute Gasteiger partial charge is 0.507 e. The fraction of sp³-hybridized carbons (Fsp3) is 0.600. The molecular weight excluding hydrogens is 470 g/mol. The molecule has 0 saturated heterocycles. The summed E-state index contributed by atoms with van der Waals surface area (Å²) >= 11 is 0. The molecule has 0 saturated carbocycles. The molecule has 2 rings (SSSR count). The van der Waals surface area contributed by atoms with Crippen LogP contribution in [-0.2, 0) is 30.3 Å². The maximum absolute atomic E-state index is 13.3. The first kappa shape index (κ1) is 28.2. The number of imidazole rings is 1. The van der Waals surface area contributed by atoms with Crippen LogP contribution in [0, 0.1) is 5.41 Å². The van der Waals surface area contributed by atoms with Crippen molar-refractivity contribution in [2.24, 2.45) is 0 Å². The Morgan fingerprint density at radius 3 is 2.03 bits per heavy atom. The minimum absolute atomic E-state index is 0. The Bertz CT molecular complexity index is 956. The van der Waals surface area contributed by atoms with Crippen molar-refractivity contribution < 1.29 is 15.0 Å². The Morgan fingerprint density at radius 1 is 1.06 bits per heavy atom. The zero-order chi connectivity index (χ0) is 23.6. The maximum Gasteiger partial charge on any atom is 0.202 e. The van der Waals surface area contributed by atoms with Crippen molar-refractivity contribution in [2.75, 3.05) is 6.61 Å². The Hall–Kier alpha value is -1.86. The number of aliphatic hydroxyl groups excluding tert-OH is 1. The first-order chi connectivity index (χ1) is 14.3. The van der Waals surface area contributed by atoms with E-state index in [0.29, 0.717) is 18.5 Å². The molecule has 0 atom stereocenters. The van der Waals surface area contributed by atoms with Crippen LogP contribution in [0.4, 0.5) is 0 Å². The van der Waals surface area contributed by atoms with Crippen molar-refractivity contribution in [1.82, 2.24) is 9.13 Å². The van der Waals surface area contributed by atoms with E-state index < -0.39 is 0 Å². The van der Waals surface area contributed by atoms with Crippen LogP contribution in [0.2, 0.25) is 0 Å². The van der Waals surface area contributed by atoms with Gasteiger partial charge >= 0.3 is 0 Å². The van der Waals surface area contributed by atoms with Crippen LogP contribution in [0.5, 0.6) is 5.75 Å². The first-order valence-corrected chi connectivity index (χ1v) is 11.2. The molecule has 6 nitrogen and oxygen atoms in total. The minimum Gasteiger partial charge on any atom is -0.507 e. The number of aromatic hydroxyl groups is 1. The summed E-state index contributed by atoms with van der Waals surface area (Å²) in [5, 5.41) is 28.7. The second kappa shape index (κ2) is 10.8. The summed E-state index contributed by atoms with van der Waals surface area (Å²) in [6, 6.07) is 3.60. The first-order valence-electron chi connectivity index (χ1n) is 11.2. The second-order valence-corrected chi connectivity index (χ2v) is 10.4. The van der Waals surface area contributed by atoms with E-state index in [1.54, 1.807) is 16.7 Å². The second-order valence-electron chi connectivity index (χ2n) is 10.4. The summed E-state index contributed by atoms with van der Waals surface area (Å²) in [4.78, 5) is 13.3. The number of nitrogens with zero attached hydrogens (tertiary/aromatic N) is 2. The molecule has 1 aromatic carbocycles. The third-order valence-corrected chi connectivity index (χ3v) is 5.59. The lowest BCUT2D eigenvalue weighted by Gasteiger charge is -2.28. The predicted molar refractivity (Wildman–Crippen MR) is 134 cm³/mol. The van der Waals surface area contributed by atoms with Crippen LogP contribution in [-0.4, -0.2) is 31.7 Å². The number of aryl methyl sites for hydroxylation is 1. The lowest BCUT2D eigenvalue weighted by atomic mass is 9.78. The molecule has 0 unspecified atom stereocenters. The smallest absolute Gasteiger partial charge is 0.202 e. The monoisotopic (exact) mass is 509 g/mol. The van der Waals surface area contributed by atoms with Crippen LogP contribution >= 0.6 is 17.0 Å². The van der Waals surface area contributed by atoms with E-state index in [0.717, 1.165) is 29.7 Å². The van der Waals surface area contributed by atoms with Crippen molar-refractivity contribution in [1.29, 1.82) is 5.41 Å². The molecule has 32 heavy (non-hydrogen) atoms. The van der Waals surface area contributed by atoms with Gasteiger partial charge in [0.25, 0.3) is 0 Å². The Balaban J connectivity index is 0.00000512. The van der Waals surface area contributed by atoms with E-state index in [2.05, 4.69) is 6.92 Å². The average molecular weight is 511 g/mol. The third-order valence-electron chi connectivity index (χ3n) is 5.59. The van der Waals surface area contributed by atoms with Crippen molar-refractivity contribution in [3.63, 3.8) is 0 Å². The van der Waals surface area contributed by atoms with Gasteiger partial charge < -0.3 is 19.3 Å². The summed E-state index contributed by atoms with van der Waals surface area (Å²) in [7, 11) is 0. The van der Waals surface area contributed by atoms with Gasteiger partial charge in [-0.2, -0.15) is 0 Å². The zero-order valence-corrected chi connectivity index (χ0v) is 22.3. The number of aromatic nitrogens is 2. The van der Waals surface area contributed by atoms with Gasteiger partial charge in [0.05, 0.1) is 6.54 Å². The molecular formula is C25H40BrN3O3. The molecule has 0 radical (unpaired) electrons. The SMILES string of the molecule is Br.CCCc1cn(CC(=O)c2cc(C(C)(C)C)c(O)c(C(C)(C)C)c2)c(=N)n1CCCO. The predicted octanol–water partition coefficient (Wildman–Crippen LogP) is 4.87. The highest BCUT2D eigenvalue weighted by Crippen LogP contribution is 2.39. The van der Waals surface area contributed by atoms with Gasteiger partial charge in [-0.1, -0.05) is 54.9 Å². The molecule has 180 valence electrons. The van der Waals surface area contributed by atoms with Gasteiger partial charge in [0, 0.05) is 41.7 Å². The van der Waals surface area contributed by atoms with Crippen molar-refractivity contribution in [3.05, 3.63) is 46.3 Å². The fourth-order valence-electron chi connectivity index (χ4n) is 3.84. The van der Waals surface area contributed by atoms with Crippen molar-refractivity contribution in [2.45, 2.75) is 91.6 Å². The van der Waals surface area contributed by atoms with Gasteiger partial charge in [-0.05, 0) is 35.8 Å². The van der Waals surface area contributed by atoms with Crippen LogP contribution in [0.3, 0.4) is 0 Å². The molecule has 1 heterocycles. The third kappa shape index (κ3) is 6.35. The lowest BCUT2D eigenvalue weighted by Crippen LogP contribution is -2.28. The topological polar surface area (TPSA) is 91.2 Å². The summed E-state index contributed by atoms with van der Waals surface area (Å²) in [5.41, 5.74) is 2.73. The maximum atomic E-state index is 13.3. The van der Waals surface area contributed by atoms with E-state index in [1.807, 2.05) is 52.3 Å². The molecule has 0 aliphatic rings. The van der Waals surface area contributed by atoms with Crippen LogP contribution < -0.4 is 5.62 Å². The molecule has 3 N–H and O–H groups in total. The Labute approximate surface area is 202 Å². The van der Waals surface area contributed by atoms with E-state index in [4.69, 9.17) is 5.41 Å². The number of rotatable bonds is 8.